The number of hydrogen-bond donors (Lipinski definition) is 2. The Morgan fingerprint density at radius 2 is 2.00 bits per heavy atom. The smallest absolute Gasteiger partial charge is 0.303 e. The normalized spacial score (nSPS) is 15.4. The molecule has 1 fully saturated rings. The minimum absolute atomic E-state index is 0.00235. The monoisotopic (exact) mass is 424 g/mol. The average molecular weight is 425 g/mol. The zero-order chi connectivity index (χ0) is 21.9. The molecule has 0 spiro atoms. The summed E-state index contributed by atoms with van der Waals surface area (Å²) < 4.78 is 0. The topological polar surface area (TPSA) is 95.4 Å². The Hall–Kier alpha value is -2.96. The molecule has 7 heteroatoms. The molecule has 2 N–H and O–H groups in total. The van der Waals surface area contributed by atoms with Crippen LogP contribution in [-0.4, -0.2) is 51.5 Å². The van der Waals surface area contributed by atoms with Crippen molar-refractivity contribution in [2.75, 3.05) is 25.0 Å². The fourth-order valence-electron chi connectivity index (χ4n) is 4.20. The quantitative estimate of drug-likeness (QED) is 0.531. The van der Waals surface area contributed by atoms with Crippen molar-refractivity contribution in [1.82, 2.24) is 14.9 Å². The predicted octanol–water partition coefficient (Wildman–Crippen LogP) is 3.95. The Labute approximate surface area is 183 Å². The third-order valence-electron chi connectivity index (χ3n) is 6.01. The lowest BCUT2D eigenvalue weighted by Gasteiger charge is -2.32. The first-order valence-electron chi connectivity index (χ1n) is 11.2. The number of carboxylic acid groups (broad SMARTS) is 1. The number of aromatic nitrogens is 2. The van der Waals surface area contributed by atoms with E-state index in [1.807, 2.05) is 35.2 Å². The number of carboxylic acids is 1. The molecule has 3 rings (SSSR count). The van der Waals surface area contributed by atoms with Gasteiger partial charge in [-0.3, -0.25) is 14.6 Å². The Kier molecular flexibility index (Phi) is 8.82. The number of anilines is 1. The highest BCUT2D eigenvalue weighted by atomic mass is 16.4. The average Bonchev–Trinajstić information content (AvgIpc) is 2.81. The summed E-state index contributed by atoms with van der Waals surface area (Å²) in [5.74, 6) is 0.829. The molecule has 1 saturated heterocycles. The number of nitrogens with one attached hydrogen (secondary N) is 1. The predicted molar refractivity (Wildman–Crippen MR) is 120 cm³/mol. The minimum Gasteiger partial charge on any atom is -0.481 e. The number of likely N-dealkylation sites (tertiary alicyclic amines) is 1. The Bertz CT molecular complexity index is 808. The van der Waals surface area contributed by atoms with E-state index in [-0.39, 0.29) is 18.2 Å². The second-order valence-electron chi connectivity index (χ2n) is 8.23. The van der Waals surface area contributed by atoms with Crippen molar-refractivity contribution in [3.8, 4) is 0 Å². The molecule has 166 valence electrons. The molecule has 1 amide bonds. The van der Waals surface area contributed by atoms with Gasteiger partial charge >= 0.3 is 5.97 Å². The molecule has 31 heavy (non-hydrogen) atoms. The van der Waals surface area contributed by atoms with Gasteiger partial charge in [0.2, 0.25) is 5.91 Å². The van der Waals surface area contributed by atoms with Crippen LogP contribution in [0.3, 0.4) is 0 Å². The molecule has 1 unspecified atom stereocenters. The molecule has 0 aliphatic carbocycles. The molecule has 2 aromatic heterocycles. The molecule has 0 radical (unpaired) electrons. The summed E-state index contributed by atoms with van der Waals surface area (Å²) in [4.78, 5) is 34.1. The first kappa shape index (κ1) is 22.7. The summed E-state index contributed by atoms with van der Waals surface area (Å²) in [6.45, 7) is 2.33. The van der Waals surface area contributed by atoms with Crippen LogP contribution in [-0.2, 0) is 9.59 Å². The van der Waals surface area contributed by atoms with Crippen LogP contribution in [0.25, 0.3) is 0 Å². The van der Waals surface area contributed by atoms with Gasteiger partial charge in [-0.05, 0) is 67.7 Å². The number of rotatable bonds is 11. The van der Waals surface area contributed by atoms with E-state index in [1.54, 1.807) is 18.6 Å². The largest absolute Gasteiger partial charge is 0.481 e. The van der Waals surface area contributed by atoms with E-state index in [4.69, 9.17) is 0 Å². The molecule has 0 aromatic carbocycles. The fourth-order valence-corrected chi connectivity index (χ4v) is 4.20. The zero-order valence-corrected chi connectivity index (χ0v) is 17.9. The Balaban J connectivity index is 1.35. The number of nitrogens with zero attached hydrogens (tertiary/aromatic N) is 3. The standard InChI is InChI=1S/C24H32N4O3/c29-23(7-4-14-27-22-6-1-2-13-26-22)28-15-10-19(11-16-28)8-9-20(17-24(30)31)21-5-3-12-25-18-21/h1-3,5-6,12-13,18-20H,4,7-11,14-17H2,(H,26,27)(H,30,31). The van der Waals surface area contributed by atoms with Gasteiger partial charge in [0.25, 0.3) is 0 Å². The summed E-state index contributed by atoms with van der Waals surface area (Å²) in [6, 6.07) is 9.56. The summed E-state index contributed by atoms with van der Waals surface area (Å²) >= 11 is 0. The molecule has 2 aromatic rings. The van der Waals surface area contributed by atoms with E-state index in [9.17, 15) is 14.7 Å². The molecule has 1 aliphatic rings. The number of amides is 1. The van der Waals surface area contributed by atoms with E-state index in [0.717, 1.165) is 63.1 Å². The van der Waals surface area contributed by atoms with Crippen LogP contribution >= 0.6 is 0 Å². The highest BCUT2D eigenvalue weighted by Crippen LogP contribution is 2.30. The van der Waals surface area contributed by atoms with E-state index in [0.29, 0.717) is 12.3 Å². The molecule has 0 bridgehead atoms. The number of hydrogen-bond acceptors (Lipinski definition) is 5. The highest BCUT2D eigenvalue weighted by Gasteiger charge is 2.24. The number of pyridine rings is 2. The van der Waals surface area contributed by atoms with Crippen LogP contribution < -0.4 is 5.32 Å². The maximum absolute atomic E-state index is 12.5. The van der Waals surface area contributed by atoms with Crippen molar-refractivity contribution in [3.63, 3.8) is 0 Å². The Morgan fingerprint density at radius 3 is 2.68 bits per heavy atom. The minimum atomic E-state index is -0.771. The van der Waals surface area contributed by atoms with Crippen molar-refractivity contribution in [2.24, 2.45) is 5.92 Å². The summed E-state index contributed by atoms with van der Waals surface area (Å²) in [6.07, 6.45) is 10.5. The first-order valence-corrected chi connectivity index (χ1v) is 11.2. The highest BCUT2D eigenvalue weighted by molar-refractivity contribution is 5.76. The molecular weight excluding hydrogens is 392 g/mol. The first-order chi connectivity index (χ1) is 15.1. The summed E-state index contributed by atoms with van der Waals surface area (Å²) in [5, 5.41) is 12.5. The fraction of sp³-hybridized carbons (Fsp3) is 0.500. The maximum atomic E-state index is 12.5. The number of aliphatic carboxylic acids is 1. The van der Waals surface area contributed by atoms with Gasteiger partial charge in [0.15, 0.2) is 0 Å². The molecular formula is C24H32N4O3. The van der Waals surface area contributed by atoms with Crippen LogP contribution in [0.5, 0.6) is 0 Å². The zero-order valence-electron chi connectivity index (χ0n) is 17.9. The van der Waals surface area contributed by atoms with Crippen LogP contribution in [0.15, 0.2) is 48.9 Å². The second-order valence-corrected chi connectivity index (χ2v) is 8.23. The van der Waals surface area contributed by atoms with Gasteiger partial charge in [0.05, 0.1) is 6.42 Å². The molecule has 7 nitrogen and oxygen atoms in total. The third-order valence-corrected chi connectivity index (χ3v) is 6.01. The van der Waals surface area contributed by atoms with E-state index >= 15 is 0 Å². The van der Waals surface area contributed by atoms with Crippen molar-refractivity contribution < 1.29 is 14.7 Å². The number of carbonyl (C=O) groups is 2. The van der Waals surface area contributed by atoms with E-state index in [2.05, 4.69) is 15.3 Å². The summed E-state index contributed by atoms with van der Waals surface area (Å²) in [5.41, 5.74) is 0.997. The number of piperidine rings is 1. The van der Waals surface area contributed by atoms with Gasteiger partial charge in [-0.25, -0.2) is 4.98 Å². The SMILES string of the molecule is O=C(O)CC(CCC1CCN(C(=O)CCCNc2ccccn2)CC1)c1cccnc1. The molecule has 3 heterocycles. The molecule has 1 aliphatic heterocycles. The van der Waals surface area contributed by atoms with E-state index < -0.39 is 5.97 Å². The molecule has 0 saturated carbocycles. The maximum Gasteiger partial charge on any atom is 0.303 e. The van der Waals surface area contributed by atoms with Gasteiger partial charge in [0.1, 0.15) is 5.82 Å². The van der Waals surface area contributed by atoms with E-state index in [1.165, 1.54) is 0 Å². The van der Waals surface area contributed by atoms with Crippen molar-refractivity contribution in [1.29, 1.82) is 0 Å². The number of carbonyl (C=O) groups excluding carboxylic acids is 1. The van der Waals surface area contributed by atoms with Crippen LogP contribution in [0, 0.1) is 5.92 Å². The lowest BCUT2D eigenvalue weighted by Crippen LogP contribution is -2.38. The lowest BCUT2D eigenvalue weighted by atomic mass is 9.85. The second kappa shape index (κ2) is 12.0. The Morgan fingerprint density at radius 1 is 1.16 bits per heavy atom. The van der Waals surface area contributed by atoms with Gasteiger partial charge in [-0.15, -0.1) is 0 Å². The van der Waals surface area contributed by atoms with Gasteiger partial charge in [0, 0.05) is 44.6 Å². The molecule has 1 atom stereocenters. The third kappa shape index (κ3) is 7.66. The van der Waals surface area contributed by atoms with Gasteiger partial charge in [-0.2, -0.15) is 0 Å². The van der Waals surface area contributed by atoms with Crippen molar-refractivity contribution in [3.05, 3.63) is 54.5 Å². The van der Waals surface area contributed by atoms with Gasteiger partial charge in [-0.1, -0.05) is 12.1 Å². The van der Waals surface area contributed by atoms with Gasteiger partial charge < -0.3 is 15.3 Å². The summed E-state index contributed by atoms with van der Waals surface area (Å²) in [7, 11) is 0. The van der Waals surface area contributed by atoms with Crippen molar-refractivity contribution in [2.45, 2.75) is 50.9 Å². The van der Waals surface area contributed by atoms with Crippen LogP contribution in [0.1, 0.15) is 56.4 Å². The lowest BCUT2D eigenvalue weighted by molar-refractivity contribution is -0.137. The van der Waals surface area contributed by atoms with Crippen LogP contribution in [0.2, 0.25) is 0 Å². The van der Waals surface area contributed by atoms with Crippen molar-refractivity contribution >= 4 is 17.7 Å². The van der Waals surface area contributed by atoms with Crippen LogP contribution in [0.4, 0.5) is 5.82 Å².